The first-order chi connectivity index (χ1) is 16.7. The molecule has 1 N–H and O–H groups in total. The van der Waals surface area contributed by atoms with Crippen molar-refractivity contribution < 1.29 is 33.0 Å². The van der Waals surface area contributed by atoms with Gasteiger partial charge in [0.15, 0.2) is 17.3 Å². The smallest absolute Gasteiger partial charge is 0.294 e. The first-order valence-electron chi connectivity index (χ1n) is 10.7. The average molecular weight is 501 g/mol. The Hall–Kier alpha value is -3.79. The molecule has 0 radical (unpaired) electrons. The van der Waals surface area contributed by atoms with Crippen LogP contribution in [-0.4, -0.2) is 35.5 Å². The molecule has 7 nitrogen and oxygen atoms in total. The lowest BCUT2D eigenvalue weighted by Gasteiger charge is -2.27. The second-order valence-corrected chi connectivity index (χ2v) is 8.96. The third kappa shape index (κ3) is 4.25. The van der Waals surface area contributed by atoms with Crippen LogP contribution in [0.1, 0.15) is 38.9 Å². The number of aryl methyl sites for hydroxylation is 2. The van der Waals surface area contributed by atoms with Crippen LogP contribution in [-0.2, 0) is 4.79 Å². The number of ketones is 1. The molecule has 0 fully saturated rings. The van der Waals surface area contributed by atoms with E-state index in [9.17, 15) is 23.5 Å². The van der Waals surface area contributed by atoms with Gasteiger partial charge in [0.05, 0.1) is 46.6 Å². The van der Waals surface area contributed by atoms with Gasteiger partial charge in [-0.05, 0) is 50.6 Å². The number of hydrogen-bond donors (Lipinski definition) is 1. The highest BCUT2D eigenvalue weighted by molar-refractivity contribution is 7.14. The number of ether oxygens (including phenoxy) is 2. The van der Waals surface area contributed by atoms with Crippen LogP contribution in [0.25, 0.3) is 0 Å². The second kappa shape index (κ2) is 9.46. The van der Waals surface area contributed by atoms with Gasteiger partial charge in [-0.2, -0.15) is 0 Å². The summed E-state index contributed by atoms with van der Waals surface area (Å²) in [6.45, 7) is 5.45. The van der Waals surface area contributed by atoms with Gasteiger partial charge < -0.3 is 14.6 Å². The molecule has 1 aromatic heterocycles. The Bertz CT molecular complexity index is 1370. The van der Waals surface area contributed by atoms with Gasteiger partial charge in [-0.1, -0.05) is 6.07 Å². The topological polar surface area (TPSA) is 89.0 Å². The summed E-state index contributed by atoms with van der Waals surface area (Å²) >= 11 is 1.12. The quantitative estimate of drug-likeness (QED) is 0.447. The highest BCUT2D eigenvalue weighted by Crippen LogP contribution is 2.45. The Labute approximate surface area is 204 Å². The number of benzene rings is 2. The number of aliphatic hydroxyl groups excluding tert-OH is 1. The van der Waals surface area contributed by atoms with Crippen LogP contribution in [0.2, 0.25) is 0 Å². The van der Waals surface area contributed by atoms with E-state index >= 15 is 0 Å². The van der Waals surface area contributed by atoms with Crippen molar-refractivity contribution in [3.8, 4) is 11.5 Å². The van der Waals surface area contributed by atoms with Crippen LogP contribution in [0, 0.1) is 25.5 Å². The number of nitrogens with zero attached hydrogens (tertiary/aromatic N) is 2. The molecular formula is C25H22F2N2O5S. The van der Waals surface area contributed by atoms with Crippen LogP contribution in [0.4, 0.5) is 14.5 Å². The van der Waals surface area contributed by atoms with Crippen molar-refractivity contribution in [3.63, 3.8) is 0 Å². The predicted octanol–water partition coefficient (Wildman–Crippen LogP) is 5.23. The standard InChI is InChI=1S/C25H22F2N2O5S/c1-5-34-19-10-14(6-9-18(19)33-4)21-20(22(30)24-12(2)28-13(3)35-24)23(31)25(32)29(21)17-11-15(26)7-8-16(17)27/h6-11,21,31H,5H2,1-4H3. The van der Waals surface area contributed by atoms with Crippen LogP contribution in [0.5, 0.6) is 11.5 Å². The molecule has 0 saturated carbocycles. The van der Waals surface area contributed by atoms with Gasteiger partial charge >= 0.3 is 0 Å². The molecule has 0 bridgehead atoms. The highest BCUT2D eigenvalue weighted by Gasteiger charge is 2.46. The normalized spacial score (nSPS) is 15.7. The van der Waals surface area contributed by atoms with E-state index in [0.29, 0.717) is 34.4 Å². The molecule has 10 heteroatoms. The van der Waals surface area contributed by atoms with Gasteiger partial charge in [-0.15, -0.1) is 11.3 Å². The summed E-state index contributed by atoms with van der Waals surface area (Å²) in [5.41, 5.74) is 0.0834. The molecular weight excluding hydrogens is 478 g/mol. The Morgan fingerprint density at radius 3 is 2.54 bits per heavy atom. The van der Waals surface area contributed by atoms with Crippen LogP contribution in [0.15, 0.2) is 47.7 Å². The highest BCUT2D eigenvalue weighted by atomic mass is 32.1. The fourth-order valence-corrected chi connectivity index (χ4v) is 4.94. The maximum absolute atomic E-state index is 14.9. The molecule has 1 aliphatic rings. The van der Waals surface area contributed by atoms with Crippen molar-refractivity contribution in [2.75, 3.05) is 18.6 Å². The summed E-state index contributed by atoms with van der Waals surface area (Å²) < 4.78 is 39.9. The Kier molecular flexibility index (Phi) is 6.58. The van der Waals surface area contributed by atoms with E-state index in [2.05, 4.69) is 4.98 Å². The van der Waals surface area contributed by atoms with Crippen molar-refractivity contribution in [1.29, 1.82) is 0 Å². The van der Waals surface area contributed by atoms with Crippen molar-refractivity contribution in [2.45, 2.75) is 26.8 Å². The average Bonchev–Trinajstić information content (AvgIpc) is 3.30. The number of methoxy groups -OCH3 is 1. The van der Waals surface area contributed by atoms with E-state index in [1.807, 2.05) is 0 Å². The van der Waals surface area contributed by atoms with Gasteiger partial charge in [0.2, 0.25) is 5.78 Å². The van der Waals surface area contributed by atoms with E-state index in [0.717, 1.165) is 34.4 Å². The SMILES string of the molecule is CCOc1cc(C2C(C(=O)c3sc(C)nc3C)=C(O)C(=O)N2c2cc(F)ccc2F)ccc1OC. The molecule has 1 unspecified atom stereocenters. The van der Waals surface area contributed by atoms with Crippen molar-refractivity contribution >= 4 is 28.7 Å². The summed E-state index contributed by atoms with van der Waals surface area (Å²) in [5.74, 6) is -3.46. The second-order valence-electron chi connectivity index (χ2n) is 7.76. The van der Waals surface area contributed by atoms with Crippen LogP contribution in [0.3, 0.4) is 0 Å². The zero-order valence-electron chi connectivity index (χ0n) is 19.4. The fraction of sp³-hybridized carbons (Fsp3) is 0.240. The zero-order valence-corrected chi connectivity index (χ0v) is 20.2. The molecule has 2 aromatic carbocycles. The summed E-state index contributed by atoms with van der Waals surface area (Å²) in [7, 11) is 1.46. The molecule has 0 saturated heterocycles. The minimum Gasteiger partial charge on any atom is -0.503 e. The monoisotopic (exact) mass is 500 g/mol. The molecule has 0 spiro atoms. The number of aliphatic hydroxyl groups is 1. The van der Waals surface area contributed by atoms with Gasteiger partial charge in [0, 0.05) is 6.07 Å². The zero-order chi connectivity index (χ0) is 25.4. The first-order valence-corrected chi connectivity index (χ1v) is 11.5. The third-order valence-electron chi connectivity index (χ3n) is 5.53. The van der Waals surface area contributed by atoms with Gasteiger partial charge in [0.25, 0.3) is 5.91 Å². The molecule has 4 rings (SSSR count). The van der Waals surface area contributed by atoms with E-state index in [4.69, 9.17) is 9.47 Å². The van der Waals surface area contributed by atoms with Gasteiger partial charge in [-0.25, -0.2) is 13.8 Å². The van der Waals surface area contributed by atoms with E-state index in [-0.39, 0.29) is 10.5 Å². The van der Waals surface area contributed by atoms with Crippen LogP contribution >= 0.6 is 11.3 Å². The number of hydrogen-bond acceptors (Lipinski definition) is 7. The van der Waals surface area contributed by atoms with Crippen molar-refractivity contribution in [1.82, 2.24) is 4.98 Å². The first kappa shape index (κ1) is 24.3. The van der Waals surface area contributed by atoms with E-state index in [1.165, 1.54) is 7.11 Å². The molecule has 3 aromatic rings. The summed E-state index contributed by atoms with van der Waals surface area (Å²) in [5, 5.41) is 11.5. The lowest BCUT2D eigenvalue weighted by atomic mass is 9.94. The molecule has 1 aliphatic heterocycles. The van der Waals surface area contributed by atoms with Crippen LogP contribution < -0.4 is 14.4 Å². The number of aromatic nitrogens is 1. The molecule has 35 heavy (non-hydrogen) atoms. The Morgan fingerprint density at radius 1 is 1.17 bits per heavy atom. The summed E-state index contributed by atoms with van der Waals surface area (Å²) in [6, 6.07) is 6.06. The molecule has 182 valence electrons. The number of rotatable bonds is 7. The summed E-state index contributed by atoms with van der Waals surface area (Å²) in [6.07, 6.45) is 0. The lowest BCUT2D eigenvalue weighted by Crippen LogP contribution is -2.32. The molecule has 0 aliphatic carbocycles. The Morgan fingerprint density at radius 2 is 1.91 bits per heavy atom. The number of carbonyl (C=O) groups is 2. The predicted molar refractivity (Wildman–Crippen MR) is 126 cm³/mol. The van der Waals surface area contributed by atoms with Crippen molar-refractivity contribution in [2.24, 2.45) is 0 Å². The van der Waals surface area contributed by atoms with Crippen molar-refractivity contribution in [3.05, 3.63) is 80.5 Å². The largest absolute Gasteiger partial charge is 0.503 e. The number of anilines is 1. The number of Topliss-reactive ketones (excluding diaryl/α,β-unsaturated/α-hetero) is 1. The lowest BCUT2D eigenvalue weighted by molar-refractivity contribution is -0.117. The minimum atomic E-state index is -1.27. The number of carbonyl (C=O) groups excluding carboxylic acids is 2. The van der Waals surface area contributed by atoms with E-state index in [1.54, 1.807) is 39.0 Å². The van der Waals surface area contributed by atoms with Gasteiger partial charge in [-0.3, -0.25) is 14.5 Å². The maximum Gasteiger partial charge on any atom is 0.294 e. The van der Waals surface area contributed by atoms with Gasteiger partial charge in [0.1, 0.15) is 11.6 Å². The molecule has 1 amide bonds. The molecule has 2 heterocycles. The van der Waals surface area contributed by atoms with E-state index < -0.39 is 40.8 Å². The maximum atomic E-state index is 14.9. The number of amides is 1. The fourth-order valence-electron chi connectivity index (χ4n) is 4.07. The third-order valence-corrected chi connectivity index (χ3v) is 6.61. The number of halogens is 2. The Balaban J connectivity index is 1.95. The molecule has 1 atom stereocenters. The minimum absolute atomic E-state index is 0.238. The summed E-state index contributed by atoms with van der Waals surface area (Å²) in [4.78, 5) is 32.2. The number of thiazole rings is 1.